The average molecular weight is 250 g/mol. The zero-order valence-corrected chi connectivity index (χ0v) is 10.2. The molecule has 1 aliphatic heterocycles. The van der Waals surface area contributed by atoms with Crippen molar-refractivity contribution in [2.45, 2.75) is 12.5 Å². The predicted octanol–water partition coefficient (Wildman–Crippen LogP) is 1.85. The van der Waals surface area contributed by atoms with Gasteiger partial charge in [-0.3, -0.25) is 4.79 Å². The van der Waals surface area contributed by atoms with Gasteiger partial charge in [0.2, 0.25) is 5.91 Å². The smallest absolute Gasteiger partial charge is 0.244 e. The SMILES string of the molecule is CN1CCC(Nc2ccc(C#N)c(Cl)c2)C1=O. The molecule has 1 aromatic carbocycles. The van der Waals surface area contributed by atoms with Gasteiger partial charge in [-0.1, -0.05) is 11.6 Å². The Morgan fingerprint density at radius 2 is 2.35 bits per heavy atom. The molecule has 1 amide bonds. The molecule has 5 heteroatoms. The Bertz CT molecular complexity index is 495. The monoisotopic (exact) mass is 249 g/mol. The molecule has 1 heterocycles. The molecule has 1 saturated heterocycles. The van der Waals surface area contributed by atoms with Crippen LogP contribution in [0.3, 0.4) is 0 Å². The maximum absolute atomic E-state index is 11.7. The lowest BCUT2D eigenvalue weighted by molar-refractivity contribution is -0.127. The first-order valence-corrected chi connectivity index (χ1v) is 5.71. The van der Waals surface area contributed by atoms with Crippen molar-refractivity contribution in [3.05, 3.63) is 28.8 Å². The largest absolute Gasteiger partial charge is 0.374 e. The van der Waals surface area contributed by atoms with E-state index in [2.05, 4.69) is 5.32 Å². The van der Waals surface area contributed by atoms with Crippen LogP contribution in [0, 0.1) is 11.3 Å². The number of carbonyl (C=O) groups excluding carboxylic acids is 1. The van der Waals surface area contributed by atoms with Crippen LogP contribution < -0.4 is 5.32 Å². The summed E-state index contributed by atoms with van der Waals surface area (Å²) >= 11 is 5.92. The molecule has 2 rings (SSSR count). The highest BCUT2D eigenvalue weighted by Gasteiger charge is 2.28. The molecule has 0 radical (unpaired) electrons. The molecule has 0 aromatic heterocycles. The molecule has 0 spiro atoms. The van der Waals surface area contributed by atoms with Crippen LogP contribution in [-0.4, -0.2) is 30.4 Å². The number of halogens is 1. The normalized spacial score (nSPS) is 19.2. The van der Waals surface area contributed by atoms with E-state index in [4.69, 9.17) is 16.9 Å². The highest BCUT2D eigenvalue weighted by Crippen LogP contribution is 2.22. The van der Waals surface area contributed by atoms with Gasteiger partial charge >= 0.3 is 0 Å². The maximum atomic E-state index is 11.7. The number of nitrogens with one attached hydrogen (secondary N) is 1. The highest BCUT2D eigenvalue weighted by atomic mass is 35.5. The number of likely N-dealkylation sites (N-methyl/N-ethyl adjacent to an activating group) is 1. The summed E-state index contributed by atoms with van der Waals surface area (Å²) in [6, 6.07) is 6.89. The fraction of sp³-hybridized carbons (Fsp3) is 0.333. The standard InChI is InChI=1S/C12H12ClN3O/c1-16-5-4-11(12(16)17)15-9-3-2-8(7-14)10(13)6-9/h2-3,6,11,15H,4-5H2,1H3. The van der Waals surface area contributed by atoms with Crippen molar-refractivity contribution in [2.75, 3.05) is 18.9 Å². The third kappa shape index (κ3) is 2.34. The van der Waals surface area contributed by atoms with E-state index >= 15 is 0 Å². The Morgan fingerprint density at radius 3 is 2.88 bits per heavy atom. The van der Waals surface area contributed by atoms with E-state index in [0.717, 1.165) is 18.7 Å². The summed E-state index contributed by atoms with van der Waals surface area (Å²) in [4.78, 5) is 13.4. The van der Waals surface area contributed by atoms with Gasteiger partial charge < -0.3 is 10.2 Å². The number of nitriles is 1. The quantitative estimate of drug-likeness (QED) is 0.870. The Kier molecular flexibility index (Phi) is 3.21. The Hall–Kier alpha value is -1.73. The molecule has 4 nitrogen and oxygen atoms in total. The Balaban J connectivity index is 2.13. The highest BCUT2D eigenvalue weighted by molar-refractivity contribution is 6.32. The molecule has 17 heavy (non-hydrogen) atoms. The zero-order chi connectivity index (χ0) is 12.4. The number of likely N-dealkylation sites (tertiary alicyclic amines) is 1. The van der Waals surface area contributed by atoms with E-state index < -0.39 is 0 Å². The second kappa shape index (κ2) is 4.64. The first-order chi connectivity index (χ1) is 8.11. The van der Waals surface area contributed by atoms with Crippen molar-refractivity contribution in [3.8, 4) is 6.07 Å². The van der Waals surface area contributed by atoms with E-state index in [-0.39, 0.29) is 11.9 Å². The van der Waals surface area contributed by atoms with Crippen LogP contribution >= 0.6 is 11.6 Å². The van der Waals surface area contributed by atoms with Gasteiger partial charge in [-0.15, -0.1) is 0 Å². The van der Waals surface area contributed by atoms with Crippen LogP contribution in [0.5, 0.6) is 0 Å². The minimum absolute atomic E-state index is 0.0884. The van der Waals surface area contributed by atoms with Crippen LogP contribution in [-0.2, 0) is 4.79 Å². The number of nitrogens with zero attached hydrogens (tertiary/aromatic N) is 2. The van der Waals surface area contributed by atoms with Crippen molar-refractivity contribution < 1.29 is 4.79 Å². The van der Waals surface area contributed by atoms with Crippen LogP contribution in [0.2, 0.25) is 5.02 Å². The van der Waals surface area contributed by atoms with Crippen LogP contribution in [0.1, 0.15) is 12.0 Å². The van der Waals surface area contributed by atoms with Crippen molar-refractivity contribution in [3.63, 3.8) is 0 Å². The van der Waals surface area contributed by atoms with Gasteiger partial charge in [0.1, 0.15) is 12.1 Å². The fourth-order valence-electron chi connectivity index (χ4n) is 1.85. The number of hydrogen-bond acceptors (Lipinski definition) is 3. The summed E-state index contributed by atoms with van der Waals surface area (Å²) in [6.07, 6.45) is 0.785. The Morgan fingerprint density at radius 1 is 1.59 bits per heavy atom. The number of carbonyl (C=O) groups is 1. The van der Waals surface area contributed by atoms with Gasteiger partial charge in [0, 0.05) is 19.3 Å². The first-order valence-electron chi connectivity index (χ1n) is 5.33. The molecular formula is C12H12ClN3O. The van der Waals surface area contributed by atoms with Gasteiger partial charge in [0.05, 0.1) is 10.6 Å². The molecule has 1 aliphatic rings. The lowest BCUT2D eigenvalue weighted by atomic mass is 10.2. The number of benzene rings is 1. The summed E-state index contributed by atoms with van der Waals surface area (Å²) in [5.74, 6) is 0.0884. The van der Waals surface area contributed by atoms with Gasteiger partial charge in [0.15, 0.2) is 0 Å². The molecule has 0 bridgehead atoms. The summed E-state index contributed by atoms with van der Waals surface area (Å²) in [6.45, 7) is 0.764. The second-order valence-electron chi connectivity index (χ2n) is 4.05. The fourth-order valence-corrected chi connectivity index (χ4v) is 2.08. The minimum Gasteiger partial charge on any atom is -0.374 e. The second-order valence-corrected chi connectivity index (χ2v) is 4.46. The molecule has 0 aliphatic carbocycles. The molecule has 1 atom stereocenters. The summed E-state index contributed by atoms with van der Waals surface area (Å²) in [5, 5.41) is 12.3. The first kappa shape index (κ1) is 11.7. The maximum Gasteiger partial charge on any atom is 0.244 e. The Labute approximate surface area is 105 Å². The number of amides is 1. The van der Waals surface area contributed by atoms with Crippen LogP contribution in [0.4, 0.5) is 5.69 Å². The summed E-state index contributed by atoms with van der Waals surface area (Å²) < 4.78 is 0. The van der Waals surface area contributed by atoms with Crippen molar-refractivity contribution >= 4 is 23.2 Å². The van der Waals surface area contributed by atoms with Crippen LogP contribution in [0.25, 0.3) is 0 Å². The van der Waals surface area contributed by atoms with E-state index in [1.807, 2.05) is 6.07 Å². The number of anilines is 1. The lowest BCUT2D eigenvalue weighted by Gasteiger charge is -2.13. The molecular weight excluding hydrogens is 238 g/mol. The molecule has 88 valence electrons. The number of rotatable bonds is 2. The van der Waals surface area contributed by atoms with E-state index in [0.29, 0.717) is 10.6 Å². The van der Waals surface area contributed by atoms with Gasteiger partial charge in [-0.2, -0.15) is 5.26 Å². The van der Waals surface area contributed by atoms with E-state index in [9.17, 15) is 4.79 Å². The van der Waals surface area contributed by atoms with Crippen molar-refractivity contribution in [1.29, 1.82) is 5.26 Å². The minimum atomic E-state index is -0.191. The third-order valence-corrected chi connectivity index (χ3v) is 3.17. The predicted molar refractivity (Wildman–Crippen MR) is 65.8 cm³/mol. The average Bonchev–Trinajstić information content (AvgIpc) is 2.61. The molecule has 1 unspecified atom stereocenters. The lowest BCUT2D eigenvalue weighted by Crippen LogP contribution is -2.30. The van der Waals surface area contributed by atoms with Gasteiger partial charge in [-0.25, -0.2) is 0 Å². The summed E-state index contributed by atoms with van der Waals surface area (Å²) in [7, 11) is 1.79. The van der Waals surface area contributed by atoms with Crippen molar-refractivity contribution in [1.82, 2.24) is 4.90 Å². The molecule has 0 saturated carbocycles. The van der Waals surface area contributed by atoms with Crippen molar-refractivity contribution in [2.24, 2.45) is 0 Å². The molecule has 1 fully saturated rings. The van der Waals surface area contributed by atoms with E-state index in [1.165, 1.54) is 0 Å². The molecule has 1 aromatic rings. The molecule has 1 N–H and O–H groups in total. The number of hydrogen-bond donors (Lipinski definition) is 1. The summed E-state index contributed by atoms with van der Waals surface area (Å²) in [5.41, 5.74) is 1.20. The van der Waals surface area contributed by atoms with Gasteiger partial charge in [-0.05, 0) is 24.6 Å². The van der Waals surface area contributed by atoms with Gasteiger partial charge in [0.25, 0.3) is 0 Å². The zero-order valence-electron chi connectivity index (χ0n) is 9.40. The topological polar surface area (TPSA) is 56.1 Å². The third-order valence-electron chi connectivity index (χ3n) is 2.86. The van der Waals surface area contributed by atoms with E-state index in [1.54, 1.807) is 30.1 Å². The van der Waals surface area contributed by atoms with Crippen LogP contribution in [0.15, 0.2) is 18.2 Å².